The van der Waals surface area contributed by atoms with E-state index in [1.807, 2.05) is 0 Å². The van der Waals surface area contributed by atoms with Crippen LogP contribution in [-0.2, 0) is 0 Å². The lowest BCUT2D eigenvalue weighted by molar-refractivity contribution is 1.48. The Balaban J connectivity index is 2.99. The minimum Gasteiger partial charge on any atom is -0.0654 e. The summed E-state index contributed by atoms with van der Waals surface area (Å²) in [4.78, 5) is 0. The number of hydrogen-bond acceptors (Lipinski definition) is 0. The molecule has 0 aliphatic heterocycles. The number of aryl methyl sites for hydroxylation is 1. The van der Waals surface area contributed by atoms with Crippen molar-refractivity contribution in [3.8, 4) is 0 Å². The minimum absolute atomic E-state index is 1.31. The first kappa shape index (κ1) is 8.53. The topological polar surface area (TPSA) is 0 Å². The second kappa shape index (κ2) is 2.82. The third-order valence-electron chi connectivity index (χ3n) is 1.83. The second-order valence-corrected chi connectivity index (χ2v) is 8.10. The summed E-state index contributed by atoms with van der Waals surface area (Å²) in [6.45, 7) is 10.8. The van der Waals surface area contributed by atoms with Crippen LogP contribution in [0.4, 0.5) is 0 Å². The molecule has 0 nitrogen and oxygen atoms in total. The van der Waals surface area contributed by atoms with Gasteiger partial charge in [-0.3, -0.25) is 0 Å². The fraction of sp³-hybridized carbons (Fsp3) is 0.300. The molecule has 0 saturated carbocycles. The Kier molecular flexibility index (Phi) is 2.19. The maximum absolute atomic E-state index is 4.21. The van der Waals surface area contributed by atoms with E-state index in [0.29, 0.717) is 0 Å². The maximum Gasteiger partial charge on any atom is 0.0803 e. The van der Waals surface area contributed by atoms with Crippen molar-refractivity contribution in [1.29, 1.82) is 0 Å². The summed E-state index contributed by atoms with van der Waals surface area (Å²) >= 11 is 0. The first-order valence-corrected chi connectivity index (χ1v) is 7.13. The first-order valence-electron chi connectivity index (χ1n) is 3.92. The molecule has 59 valence electrons. The van der Waals surface area contributed by atoms with Crippen LogP contribution in [0.5, 0.6) is 0 Å². The Bertz CT molecular complexity index is 228. The molecule has 11 heavy (non-hydrogen) atoms. The van der Waals surface area contributed by atoms with Crippen LogP contribution in [0.1, 0.15) is 5.56 Å². The highest BCUT2D eigenvalue weighted by atomic mass is 28.3. The Morgan fingerprint density at radius 1 is 1.09 bits per heavy atom. The lowest BCUT2D eigenvalue weighted by Crippen LogP contribution is -2.38. The van der Waals surface area contributed by atoms with E-state index in [1.165, 1.54) is 10.8 Å². The molecule has 0 aliphatic carbocycles. The van der Waals surface area contributed by atoms with Gasteiger partial charge in [-0.25, -0.2) is 0 Å². The molecule has 0 N–H and O–H groups in total. The van der Waals surface area contributed by atoms with Crippen molar-refractivity contribution in [3.05, 3.63) is 36.4 Å². The van der Waals surface area contributed by atoms with E-state index < -0.39 is 8.07 Å². The Labute approximate surface area is 70.3 Å². The van der Waals surface area contributed by atoms with Crippen LogP contribution >= 0.6 is 0 Å². The third kappa shape index (κ3) is 2.19. The Hall–Kier alpha value is -0.563. The molecular formula is C10H15Si. The van der Waals surface area contributed by atoms with Gasteiger partial charge in [-0.05, 0) is 6.92 Å². The SMILES string of the molecule is [CH2][Si](C)(C)c1ccc(C)cc1. The van der Waals surface area contributed by atoms with E-state index in [-0.39, 0.29) is 0 Å². The van der Waals surface area contributed by atoms with E-state index in [0.717, 1.165) is 0 Å². The molecule has 0 heterocycles. The molecule has 0 aromatic heterocycles. The van der Waals surface area contributed by atoms with Gasteiger partial charge in [0.25, 0.3) is 0 Å². The molecule has 1 radical (unpaired) electrons. The summed E-state index contributed by atoms with van der Waals surface area (Å²) in [6.07, 6.45) is 0. The van der Waals surface area contributed by atoms with Gasteiger partial charge in [0.1, 0.15) is 0 Å². The highest BCUT2D eigenvalue weighted by Gasteiger charge is 2.14. The van der Waals surface area contributed by atoms with Gasteiger partial charge in [0.15, 0.2) is 0 Å². The monoisotopic (exact) mass is 163 g/mol. The molecule has 0 bridgehead atoms. The molecule has 1 aromatic rings. The van der Waals surface area contributed by atoms with Gasteiger partial charge >= 0.3 is 0 Å². The van der Waals surface area contributed by atoms with Crippen LogP contribution in [0.25, 0.3) is 0 Å². The summed E-state index contributed by atoms with van der Waals surface area (Å²) in [5.41, 5.74) is 1.33. The van der Waals surface area contributed by atoms with E-state index in [9.17, 15) is 0 Å². The van der Waals surface area contributed by atoms with Gasteiger partial charge < -0.3 is 0 Å². The molecule has 0 spiro atoms. The van der Waals surface area contributed by atoms with Crippen LogP contribution in [0.15, 0.2) is 24.3 Å². The van der Waals surface area contributed by atoms with E-state index in [4.69, 9.17) is 0 Å². The van der Waals surface area contributed by atoms with E-state index in [1.54, 1.807) is 0 Å². The van der Waals surface area contributed by atoms with Crippen molar-refractivity contribution in [2.24, 2.45) is 0 Å². The van der Waals surface area contributed by atoms with E-state index in [2.05, 4.69) is 50.8 Å². The fourth-order valence-corrected chi connectivity index (χ4v) is 2.07. The van der Waals surface area contributed by atoms with Crippen LogP contribution < -0.4 is 5.19 Å². The van der Waals surface area contributed by atoms with Crippen LogP contribution in [0, 0.1) is 13.5 Å². The predicted octanol–water partition coefficient (Wildman–Crippen LogP) is 2.28. The zero-order valence-corrected chi connectivity index (χ0v) is 8.52. The molecule has 1 heteroatoms. The minimum atomic E-state index is -1.31. The smallest absolute Gasteiger partial charge is 0.0654 e. The third-order valence-corrected chi connectivity index (χ3v) is 3.73. The molecular weight excluding hydrogens is 148 g/mol. The van der Waals surface area contributed by atoms with Gasteiger partial charge in [0, 0.05) is 0 Å². The molecule has 0 atom stereocenters. The number of hydrogen-bond donors (Lipinski definition) is 0. The van der Waals surface area contributed by atoms with Crippen molar-refractivity contribution in [2.45, 2.75) is 20.0 Å². The summed E-state index contributed by atoms with van der Waals surface area (Å²) in [6, 6.07) is 8.73. The van der Waals surface area contributed by atoms with Gasteiger partial charge in [-0.15, -0.1) is 0 Å². The zero-order valence-electron chi connectivity index (χ0n) is 7.52. The molecule has 0 unspecified atom stereocenters. The molecule has 0 saturated heterocycles. The van der Waals surface area contributed by atoms with Crippen molar-refractivity contribution in [3.63, 3.8) is 0 Å². The summed E-state index contributed by atoms with van der Waals surface area (Å²) < 4.78 is 0. The second-order valence-electron chi connectivity index (χ2n) is 3.75. The quantitative estimate of drug-likeness (QED) is 0.557. The largest absolute Gasteiger partial charge is 0.0803 e. The first-order chi connectivity index (χ1) is 5.00. The summed E-state index contributed by atoms with van der Waals surface area (Å²) in [5, 5.41) is 1.43. The molecule has 0 aliphatic rings. The molecule has 0 fully saturated rings. The van der Waals surface area contributed by atoms with Gasteiger partial charge in [0.2, 0.25) is 0 Å². The standard InChI is InChI=1S/C10H15Si/c1-9-5-7-10(8-6-9)11(2,3)4/h5-8H,2H2,1,3-4H3. The summed E-state index contributed by atoms with van der Waals surface area (Å²) in [5.74, 6) is 0. The fourth-order valence-electron chi connectivity index (χ4n) is 1.00. The average Bonchev–Trinajstić information content (AvgIpc) is 1.86. The van der Waals surface area contributed by atoms with Crippen molar-refractivity contribution < 1.29 is 0 Å². The molecule has 1 rings (SSSR count). The van der Waals surface area contributed by atoms with Crippen molar-refractivity contribution >= 4 is 13.3 Å². The van der Waals surface area contributed by atoms with Crippen LogP contribution in [0.2, 0.25) is 13.1 Å². The van der Waals surface area contributed by atoms with Gasteiger partial charge in [-0.1, -0.05) is 54.7 Å². The number of rotatable bonds is 1. The maximum atomic E-state index is 4.21. The van der Waals surface area contributed by atoms with E-state index >= 15 is 0 Å². The normalized spacial score (nSPS) is 11.6. The lowest BCUT2D eigenvalue weighted by Gasteiger charge is -2.15. The van der Waals surface area contributed by atoms with Crippen LogP contribution in [-0.4, -0.2) is 8.07 Å². The zero-order chi connectivity index (χ0) is 8.48. The lowest BCUT2D eigenvalue weighted by atomic mass is 10.2. The van der Waals surface area contributed by atoms with Crippen LogP contribution in [0.3, 0.4) is 0 Å². The Morgan fingerprint density at radius 3 is 1.91 bits per heavy atom. The molecule has 0 amide bonds. The van der Waals surface area contributed by atoms with Crippen molar-refractivity contribution in [1.82, 2.24) is 0 Å². The summed E-state index contributed by atoms with van der Waals surface area (Å²) in [7, 11) is -1.31. The average molecular weight is 163 g/mol. The number of benzene rings is 1. The predicted molar refractivity (Wildman–Crippen MR) is 53.7 cm³/mol. The van der Waals surface area contributed by atoms with Gasteiger partial charge in [-0.2, -0.15) is 0 Å². The van der Waals surface area contributed by atoms with Gasteiger partial charge in [0.05, 0.1) is 8.07 Å². The molecule has 1 aromatic carbocycles. The van der Waals surface area contributed by atoms with Crippen molar-refractivity contribution in [2.75, 3.05) is 0 Å². The Morgan fingerprint density at radius 2 is 1.55 bits per heavy atom. The highest BCUT2D eigenvalue weighted by Crippen LogP contribution is 2.02. The highest BCUT2D eigenvalue weighted by molar-refractivity contribution is 6.91.